The Morgan fingerprint density at radius 3 is 2.62 bits per heavy atom. The van der Waals surface area contributed by atoms with Gasteiger partial charge in [0.1, 0.15) is 16.5 Å². The number of benzene rings is 1. The molecule has 0 aliphatic rings. The quantitative estimate of drug-likeness (QED) is 0.421. The molecule has 7 heteroatoms. The van der Waals surface area contributed by atoms with Gasteiger partial charge >= 0.3 is 5.97 Å². The molecule has 0 saturated carbocycles. The summed E-state index contributed by atoms with van der Waals surface area (Å²) in [6, 6.07) is 5.12. The summed E-state index contributed by atoms with van der Waals surface area (Å²) >= 11 is 1.57. The van der Waals surface area contributed by atoms with Crippen LogP contribution in [0.15, 0.2) is 48.9 Å². The van der Waals surface area contributed by atoms with Crippen LogP contribution in [0.25, 0.3) is 11.3 Å². The summed E-state index contributed by atoms with van der Waals surface area (Å²) in [7, 11) is 1.91. The highest BCUT2D eigenvalue weighted by atomic mass is 32.1. The molecule has 1 aromatic heterocycles. The van der Waals surface area contributed by atoms with Gasteiger partial charge in [-0.15, -0.1) is 11.3 Å². The van der Waals surface area contributed by atoms with E-state index in [0.717, 1.165) is 22.0 Å². The van der Waals surface area contributed by atoms with Crippen LogP contribution < -0.4 is 9.64 Å². The van der Waals surface area contributed by atoms with E-state index in [9.17, 15) is 9.90 Å². The van der Waals surface area contributed by atoms with Gasteiger partial charge in [-0.1, -0.05) is 39.2 Å². The van der Waals surface area contributed by atoms with Crippen molar-refractivity contribution in [3.8, 4) is 5.75 Å². The van der Waals surface area contributed by atoms with Crippen molar-refractivity contribution in [2.75, 3.05) is 18.6 Å². The molecule has 0 bridgehead atoms. The smallest absolute Gasteiger partial charge is 0.341 e. The van der Waals surface area contributed by atoms with Crippen LogP contribution in [0.2, 0.25) is 0 Å². The molecule has 1 heterocycles. The maximum absolute atomic E-state index is 10.7. The number of carboxylic acid groups (broad SMARTS) is 1. The number of hydrogen-bond donors (Lipinski definition) is 2. The molecule has 0 radical (unpaired) electrons. The van der Waals surface area contributed by atoms with Crippen LogP contribution in [0.1, 0.15) is 37.0 Å². The number of hydrogen-bond acceptors (Lipinski definition) is 6. The predicted molar refractivity (Wildman–Crippen MR) is 121 cm³/mol. The molecule has 2 rings (SSSR count). The highest BCUT2D eigenvalue weighted by molar-refractivity contribution is 7.09. The zero-order valence-electron chi connectivity index (χ0n) is 17.3. The van der Waals surface area contributed by atoms with Gasteiger partial charge in [0.25, 0.3) is 0 Å². The summed E-state index contributed by atoms with van der Waals surface area (Å²) in [5.74, 6) is -1.01. The third-order valence-electron chi connectivity index (χ3n) is 3.76. The van der Waals surface area contributed by atoms with Crippen LogP contribution in [0.5, 0.6) is 5.75 Å². The maximum Gasteiger partial charge on any atom is 0.341 e. The zero-order chi connectivity index (χ0) is 22.0. The number of nitrogens with zero attached hydrogens (tertiary/aromatic N) is 2. The topological polar surface area (TPSA) is 82.9 Å². The number of aliphatic hydroxyl groups is 1. The molecule has 0 aliphatic carbocycles. The number of carboxylic acids is 1. The molecule has 0 unspecified atom stereocenters. The van der Waals surface area contributed by atoms with E-state index in [1.54, 1.807) is 35.6 Å². The van der Waals surface area contributed by atoms with Crippen LogP contribution >= 0.6 is 11.3 Å². The number of rotatable bonds is 9. The molecule has 0 aliphatic heterocycles. The van der Waals surface area contributed by atoms with Gasteiger partial charge in [0, 0.05) is 18.1 Å². The van der Waals surface area contributed by atoms with Crippen molar-refractivity contribution in [2.45, 2.75) is 27.3 Å². The molecule has 0 saturated heterocycles. The summed E-state index contributed by atoms with van der Waals surface area (Å²) in [5, 5.41) is 21.5. The highest BCUT2D eigenvalue weighted by Gasteiger charge is 2.13. The van der Waals surface area contributed by atoms with Crippen molar-refractivity contribution in [3.63, 3.8) is 0 Å². The highest BCUT2D eigenvalue weighted by Crippen LogP contribution is 2.30. The fourth-order valence-corrected chi connectivity index (χ4v) is 3.27. The summed E-state index contributed by atoms with van der Waals surface area (Å²) < 4.78 is 5.20. The molecule has 2 N–H and O–H groups in total. The van der Waals surface area contributed by atoms with Gasteiger partial charge in [-0.05, 0) is 30.7 Å². The van der Waals surface area contributed by atoms with E-state index in [1.807, 2.05) is 44.2 Å². The molecular formula is C22H28N2O4S. The van der Waals surface area contributed by atoms with Crippen LogP contribution in [-0.4, -0.2) is 34.8 Å². The fraction of sp³-hybridized carbons (Fsp3) is 0.273. The molecule has 1 aromatic carbocycles. The number of aromatic nitrogens is 1. The molecule has 2 aromatic rings. The summed E-state index contributed by atoms with van der Waals surface area (Å²) in [6.45, 7) is 13.3. The number of thiazole rings is 1. The van der Waals surface area contributed by atoms with Crippen LogP contribution in [-0.2, 0) is 11.3 Å². The van der Waals surface area contributed by atoms with Gasteiger partial charge in [0.15, 0.2) is 6.61 Å². The molecule has 0 atom stereocenters. The Morgan fingerprint density at radius 1 is 1.34 bits per heavy atom. The standard InChI is InChI=1S/C20H22N2O4S.C2H6/c1-5-6-13(2)17-12-27-19(21-17)10-22(4)15-7-8-18(26-11-20(24)25)16(9-15)14(3)23;1-2/h5-9,12,23H,1,3,10-11H2,2,4H3,(H,24,25);1-2H3/b13-6+;. The number of aliphatic carboxylic acids is 1. The number of aliphatic hydroxyl groups excluding tert-OH is 1. The van der Waals surface area contributed by atoms with E-state index in [1.165, 1.54) is 0 Å². The second-order valence-electron chi connectivity index (χ2n) is 5.88. The number of ether oxygens (including phenoxy) is 1. The monoisotopic (exact) mass is 416 g/mol. The van der Waals surface area contributed by atoms with Crippen molar-refractivity contribution >= 4 is 34.3 Å². The van der Waals surface area contributed by atoms with Crippen molar-refractivity contribution in [1.82, 2.24) is 4.98 Å². The first-order chi connectivity index (χ1) is 13.8. The average molecular weight is 417 g/mol. The van der Waals surface area contributed by atoms with Gasteiger partial charge in [-0.3, -0.25) is 0 Å². The first kappa shape index (κ1) is 24.0. The maximum atomic E-state index is 10.7. The minimum absolute atomic E-state index is 0.188. The molecule has 0 fully saturated rings. The first-order valence-electron chi connectivity index (χ1n) is 9.14. The molecule has 29 heavy (non-hydrogen) atoms. The molecule has 0 amide bonds. The van der Waals surface area contributed by atoms with Crippen molar-refractivity contribution < 1.29 is 19.7 Å². The Balaban J connectivity index is 0.00000204. The van der Waals surface area contributed by atoms with Crippen molar-refractivity contribution in [3.05, 3.63) is 65.2 Å². The van der Waals surface area contributed by atoms with E-state index in [0.29, 0.717) is 12.1 Å². The fourth-order valence-electron chi connectivity index (χ4n) is 2.37. The van der Waals surface area contributed by atoms with Gasteiger partial charge < -0.3 is 19.8 Å². The molecule has 156 valence electrons. The minimum atomic E-state index is -1.09. The second-order valence-corrected chi connectivity index (χ2v) is 6.82. The van der Waals surface area contributed by atoms with Gasteiger partial charge in [-0.25, -0.2) is 9.78 Å². The third-order valence-corrected chi connectivity index (χ3v) is 4.60. The molecule has 6 nitrogen and oxygen atoms in total. The van der Waals surface area contributed by atoms with E-state index in [2.05, 4.69) is 18.1 Å². The predicted octanol–water partition coefficient (Wildman–Crippen LogP) is 5.39. The second kappa shape index (κ2) is 11.7. The Morgan fingerprint density at radius 2 is 2.03 bits per heavy atom. The Kier molecular flexibility index (Phi) is 9.68. The SMILES string of the molecule is C=C/C=C(\C)c1csc(CN(C)c2ccc(OCC(=O)O)c(C(=C)O)c2)n1.CC. The minimum Gasteiger partial charge on any atom is -0.508 e. The number of carbonyl (C=O) groups is 1. The molecule has 0 spiro atoms. The van der Waals surface area contributed by atoms with Crippen LogP contribution in [0, 0.1) is 0 Å². The van der Waals surface area contributed by atoms with E-state index in [-0.39, 0.29) is 11.5 Å². The zero-order valence-corrected chi connectivity index (χ0v) is 18.1. The van der Waals surface area contributed by atoms with Crippen molar-refractivity contribution in [2.24, 2.45) is 0 Å². The third kappa shape index (κ3) is 7.12. The van der Waals surface area contributed by atoms with Crippen molar-refractivity contribution in [1.29, 1.82) is 0 Å². The largest absolute Gasteiger partial charge is 0.508 e. The lowest BCUT2D eigenvalue weighted by Gasteiger charge is -2.20. The Bertz CT molecular complexity index is 887. The number of allylic oxidation sites excluding steroid dienone is 3. The lowest BCUT2D eigenvalue weighted by Crippen LogP contribution is -2.17. The lowest BCUT2D eigenvalue weighted by atomic mass is 10.1. The van der Waals surface area contributed by atoms with Gasteiger partial charge in [0.2, 0.25) is 0 Å². The van der Waals surface area contributed by atoms with E-state index >= 15 is 0 Å². The average Bonchev–Trinajstić information content (AvgIpc) is 3.16. The number of anilines is 1. The Labute approximate surface area is 176 Å². The normalized spacial score (nSPS) is 10.6. The van der Waals surface area contributed by atoms with E-state index in [4.69, 9.17) is 9.84 Å². The summed E-state index contributed by atoms with van der Waals surface area (Å²) in [6.07, 6.45) is 3.65. The Hall–Kier alpha value is -3.06. The van der Waals surface area contributed by atoms with Crippen LogP contribution in [0.4, 0.5) is 5.69 Å². The van der Waals surface area contributed by atoms with E-state index < -0.39 is 12.6 Å². The summed E-state index contributed by atoms with van der Waals surface area (Å²) in [4.78, 5) is 17.3. The summed E-state index contributed by atoms with van der Waals surface area (Å²) in [5.41, 5.74) is 3.14. The lowest BCUT2D eigenvalue weighted by molar-refractivity contribution is -0.139. The van der Waals surface area contributed by atoms with Gasteiger partial charge in [-0.2, -0.15) is 0 Å². The molecular weight excluding hydrogens is 388 g/mol. The van der Waals surface area contributed by atoms with Gasteiger partial charge in [0.05, 0.1) is 17.8 Å². The van der Waals surface area contributed by atoms with Crippen LogP contribution in [0.3, 0.4) is 0 Å². The first-order valence-corrected chi connectivity index (χ1v) is 10.0.